The molecule has 1 aromatic carbocycles. The van der Waals surface area contributed by atoms with Crippen molar-refractivity contribution in [2.45, 2.75) is 26.1 Å². The summed E-state index contributed by atoms with van der Waals surface area (Å²) in [6.07, 6.45) is 0.816. The zero-order valence-electron chi connectivity index (χ0n) is 10.3. The molecule has 0 spiro atoms. The summed E-state index contributed by atoms with van der Waals surface area (Å²) in [6, 6.07) is 8.25. The molecule has 0 unspecified atom stereocenters. The fourth-order valence-corrected chi connectivity index (χ4v) is 1.62. The monoisotopic (exact) mass is 304 g/mol. The van der Waals surface area contributed by atoms with Crippen LogP contribution in [0.1, 0.15) is 11.1 Å². The van der Waals surface area contributed by atoms with E-state index in [1.54, 1.807) is 0 Å². The van der Waals surface area contributed by atoms with Crippen LogP contribution < -0.4 is 17.0 Å². The van der Waals surface area contributed by atoms with Crippen molar-refractivity contribution < 1.29 is 17.0 Å². The van der Waals surface area contributed by atoms with Gasteiger partial charge in [0.25, 0.3) is 0 Å². The molecule has 0 fully saturated rings. The Hall–Kier alpha value is 0.243. The van der Waals surface area contributed by atoms with Gasteiger partial charge in [-0.2, -0.15) is 6.42 Å². The maximum atomic E-state index is 3.90. The molecule has 0 aliphatic heterocycles. The zero-order valence-corrected chi connectivity index (χ0v) is 14.3. The molecule has 0 saturated heterocycles. The fourth-order valence-electron chi connectivity index (χ4n) is 1.12. The third-order valence-electron chi connectivity index (χ3n) is 1.86. The van der Waals surface area contributed by atoms with E-state index in [0.29, 0.717) is 0 Å². The van der Waals surface area contributed by atoms with Gasteiger partial charge in [-0.25, -0.2) is 0 Å². The van der Waals surface area contributed by atoms with Crippen LogP contribution in [-0.4, -0.2) is 31.1 Å². The molecule has 0 aromatic heterocycles. The van der Waals surface area contributed by atoms with Gasteiger partial charge in [0.1, 0.15) is 8.07 Å². The van der Waals surface area contributed by atoms with Crippen LogP contribution in [0.4, 0.5) is 0 Å². The second kappa shape index (κ2) is 8.35. The molecule has 0 saturated carbocycles. The maximum absolute atomic E-state index is 3.90. The number of rotatable bonds is 1. The summed E-state index contributed by atoms with van der Waals surface area (Å²) in [4.78, 5) is 0. The van der Waals surface area contributed by atoms with Gasteiger partial charge in [0.05, 0.1) is 0 Å². The number of halogens is 1. The van der Waals surface area contributed by atoms with Crippen molar-refractivity contribution in [3.05, 3.63) is 42.3 Å². The van der Waals surface area contributed by atoms with Crippen LogP contribution in [0.3, 0.4) is 0 Å². The summed E-state index contributed by atoms with van der Waals surface area (Å²) in [5.41, 5.74) is 5.77. The molecule has 0 amide bonds. The Morgan fingerprint density at radius 1 is 1.19 bits per heavy atom. The molecule has 0 aliphatic carbocycles. The molecule has 0 radical (unpaired) electrons. The van der Waals surface area contributed by atoms with E-state index in [4.69, 9.17) is 0 Å². The number of hydrogen-bond acceptors (Lipinski definition) is 0. The summed E-state index contributed by atoms with van der Waals surface area (Å²) in [5, 5.41) is 0. The molecular weight excluding hydrogens is 288 g/mol. The van der Waals surface area contributed by atoms with Crippen LogP contribution in [0.2, 0.25) is 19.6 Å². The molecule has 0 aliphatic rings. The van der Waals surface area contributed by atoms with Gasteiger partial charge in [0.2, 0.25) is 0 Å². The number of benzene rings is 1. The third-order valence-corrected chi connectivity index (χ3v) is 2.73. The molecule has 3 heteroatoms. The normalized spacial score (nSPS) is 9.25. The summed E-state index contributed by atoms with van der Waals surface area (Å²) in [6.45, 7) is 10.7. The largest absolute Gasteiger partial charge is 2.00 e. The summed E-state index contributed by atoms with van der Waals surface area (Å²) in [7, 11) is -1.26. The van der Waals surface area contributed by atoms with Crippen molar-refractivity contribution in [3.63, 3.8) is 0 Å². The minimum Gasteiger partial charge on any atom is -1.00 e. The average Bonchev–Trinajstić information content (AvgIpc) is 2.14. The second-order valence-corrected chi connectivity index (χ2v) is 9.16. The van der Waals surface area contributed by atoms with E-state index in [-0.39, 0.29) is 40.0 Å². The Bertz CT molecular complexity index is 371. The Balaban J connectivity index is 0. The minimum atomic E-state index is -1.26. The number of hydrogen-bond donors (Lipinski definition) is 0. The molecule has 0 bridgehead atoms. The van der Waals surface area contributed by atoms with Crippen LogP contribution in [-0.2, 0) is 6.42 Å². The van der Waals surface area contributed by atoms with Gasteiger partial charge >= 0.3 is 23.1 Å². The van der Waals surface area contributed by atoms with Crippen molar-refractivity contribution >= 4 is 31.1 Å². The molecule has 82 valence electrons. The first-order valence-electron chi connectivity index (χ1n) is 4.93. The molecule has 1 aromatic rings. The Morgan fingerprint density at radius 2 is 1.75 bits per heavy atom. The van der Waals surface area contributed by atoms with Crippen molar-refractivity contribution in [1.29, 1.82) is 0 Å². The third kappa shape index (κ3) is 6.75. The van der Waals surface area contributed by atoms with Crippen LogP contribution in [0.25, 0.3) is 0 Å². The van der Waals surface area contributed by atoms with Gasteiger partial charge < -0.3 is 23.9 Å². The first kappa shape index (κ1) is 18.6. The van der Waals surface area contributed by atoms with E-state index in [0.717, 1.165) is 12.0 Å². The Labute approximate surface area is 127 Å². The molecular formula is C13H17BrMgSi. The van der Waals surface area contributed by atoms with Gasteiger partial charge in [-0.3, -0.25) is 0 Å². The molecule has 0 nitrogen and oxygen atoms in total. The van der Waals surface area contributed by atoms with Gasteiger partial charge in [-0.05, 0) is 6.07 Å². The van der Waals surface area contributed by atoms with Gasteiger partial charge in [-0.1, -0.05) is 49.3 Å². The van der Waals surface area contributed by atoms with Crippen LogP contribution in [0.15, 0.2) is 24.3 Å². The zero-order chi connectivity index (χ0) is 10.6. The van der Waals surface area contributed by atoms with Crippen LogP contribution in [0, 0.1) is 18.4 Å². The quantitative estimate of drug-likeness (QED) is 0.387. The Morgan fingerprint density at radius 3 is 2.25 bits per heavy atom. The van der Waals surface area contributed by atoms with Gasteiger partial charge in [0.15, 0.2) is 0 Å². The summed E-state index contributed by atoms with van der Waals surface area (Å²) in [5.74, 6) is 3.28. The molecule has 0 N–H and O–H groups in total. The first-order chi connectivity index (χ1) is 6.53. The molecule has 1 rings (SSSR count). The Kier molecular flexibility index (Phi) is 9.71. The van der Waals surface area contributed by atoms with E-state index < -0.39 is 8.07 Å². The van der Waals surface area contributed by atoms with Crippen molar-refractivity contribution in [3.8, 4) is 11.5 Å². The standard InChI is InChI=1S/C13H17Si.BrH.Mg/c1-5-12-8-6-7-9-13(12)10-11-14(2,3)4;;/h6-9H,1,5H2,2-4H3;1H;/q-1;;+2/p-1. The first-order valence-corrected chi connectivity index (χ1v) is 8.43. The van der Waals surface area contributed by atoms with E-state index in [2.05, 4.69) is 50.2 Å². The van der Waals surface area contributed by atoms with E-state index >= 15 is 0 Å². The topological polar surface area (TPSA) is 0 Å². The van der Waals surface area contributed by atoms with Gasteiger partial charge in [-0.15, -0.1) is 5.54 Å². The van der Waals surface area contributed by atoms with Crippen LogP contribution in [0.5, 0.6) is 0 Å². The van der Waals surface area contributed by atoms with Crippen molar-refractivity contribution in [1.82, 2.24) is 0 Å². The van der Waals surface area contributed by atoms with Crippen molar-refractivity contribution in [2.75, 3.05) is 0 Å². The smallest absolute Gasteiger partial charge is 1.00 e. The molecule has 0 atom stereocenters. The van der Waals surface area contributed by atoms with E-state index in [9.17, 15) is 0 Å². The van der Waals surface area contributed by atoms with Crippen molar-refractivity contribution in [2.24, 2.45) is 0 Å². The summed E-state index contributed by atoms with van der Waals surface area (Å²) >= 11 is 0. The molecule has 16 heavy (non-hydrogen) atoms. The van der Waals surface area contributed by atoms with E-state index in [1.807, 2.05) is 12.1 Å². The second-order valence-electron chi connectivity index (χ2n) is 4.41. The fraction of sp³-hybridized carbons (Fsp3) is 0.308. The maximum Gasteiger partial charge on any atom is 2.00 e. The van der Waals surface area contributed by atoms with Gasteiger partial charge in [0, 0.05) is 5.56 Å². The average molecular weight is 306 g/mol. The van der Waals surface area contributed by atoms with Crippen LogP contribution >= 0.6 is 0 Å². The molecule has 0 heterocycles. The predicted molar refractivity (Wildman–Crippen MR) is 71.5 cm³/mol. The van der Waals surface area contributed by atoms with E-state index in [1.165, 1.54) is 5.56 Å². The summed E-state index contributed by atoms with van der Waals surface area (Å²) < 4.78 is 0. The minimum absolute atomic E-state index is 0. The predicted octanol–water partition coefficient (Wildman–Crippen LogP) is -0.0847. The SMILES string of the molecule is [Br-].[CH2-]Cc1ccccc1C#C[Si](C)(C)C.[Mg+2].